The Bertz CT molecular complexity index is 464. The van der Waals surface area contributed by atoms with E-state index in [0.717, 1.165) is 18.5 Å². The number of nitrogens with two attached hydrogens (primary N) is 1. The quantitative estimate of drug-likeness (QED) is 0.492. The van der Waals surface area contributed by atoms with Gasteiger partial charge in [0.05, 0.1) is 6.54 Å². The molecule has 3 nitrogen and oxygen atoms in total. The van der Waals surface area contributed by atoms with Crippen LogP contribution in [0.3, 0.4) is 0 Å². The minimum absolute atomic E-state index is 0.205. The first kappa shape index (κ1) is 16.3. The molecule has 0 aliphatic rings. The summed E-state index contributed by atoms with van der Waals surface area (Å²) in [6, 6.07) is 8.77. The number of aliphatic imine (C=N–C) groups is 1. The number of nitrogens with one attached hydrogen (secondary N) is 1. The smallest absolute Gasteiger partial charge is 0.188 e. The summed E-state index contributed by atoms with van der Waals surface area (Å²) < 4.78 is 0. The summed E-state index contributed by atoms with van der Waals surface area (Å²) in [4.78, 5) is 4.19. The van der Waals surface area contributed by atoms with Crippen molar-refractivity contribution in [3.05, 3.63) is 47.5 Å². The van der Waals surface area contributed by atoms with Gasteiger partial charge in [-0.25, -0.2) is 4.99 Å². The zero-order valence-corrected chi connectivity index (χ0v) is 13.2. The summed E-state index contributed by atoms with van der Waals surface area (Å²) in [6.45, 7) is 13.8. The third kappa shape index (κ3) is 5.91. The van der Waals surface area contributed by atoms with Crippen LogP contribution >= 0.6 is 0 Å². The highest BCUT2D eigenvalue weighted by atomic mass is 15.1. The average molecular weight is 273 g/mol. The van der Waals surface area contributed by atoms with Gasteiger partial charge in [0, 0.05) is 6.54 Å². The van der Waals surface area contributed by atoms with E-state index in [1.165, 1.54) is 11.1 Å². The fourth-order valence-corrected chi connectivity index (χ4v) is 1.78. The molecule has 1 aromatic rings. The minimum Gasteiger partial charge on any atom is -0.370 e. The predicted molar refractivity (Wildman–Crippen MR) is 88.2 cm³/mol. The fraction of sp³-hybridized carbons (Fsp3) is 0.471. The largest absolute Gasteiger partial charge is 0.370 e. The lowest BCUT2D eigenvalue weighted by Gasteiger charge is -2.19. The third-order valence-corrected chi connectivity index (χ3v) is 3.06. The second kappa shape index (κ2) is 7.13. The van der Waals surface area contributed by atoms with E-state index in [4.69, 9.17) is 5.73 Å². The van der Waals surface area contributed by atoms with E-state index in [9.17, 15) is 0 Å². The molecule has 0 radical (unpaired) electrons. The van der Waals surface area contributed by atoms with Gasteiger partial charge in [0.2, 0.25) is 0 Å². The first-order chi connectivity index (χ1) is 9.29. The van der Waals surface area contributed by atoms with E-state index in [2.05, 4.69) is 61.9 Å². The number of guanidine groups is 1. The lowest BCUT2D eigenvalue weighted by molar-refractivity contribution is 0.590. The highest BCUT2D eigenvalue weighted by molar-refractivity contribution is 5.77. The number of hydrogen-bond donors (Lipinski definition) is 2. The highest BCUT2D eigenvalue weighted by Gasteiger charge is 2.12. The molecule has 0 bridgehead atoms. The molecular weight excluding hydrogens is 246 g/mol. The molecular formula is C17H27N3. The summed E-state index contributed by atoms with van der Waals surface area (Å²) in [5.74, 6) is 0.485. The van der Waals surface area contributed by atoms with Gasteiger partial charge in [-0.15, -0.1) is 0 Å². The molecule has 0 aliphatic carbocycles. The molecule has 20 heavy (non-hydrogen) atoms. The molecule has 3 N–H and O–H groups in total. The Morgan fingerprint density at radius 1 is 1.25 bits per heavy atom. The maximum atomic E-state index is 5.77. The Kier molecular flexibility index (Phi) is 5.81. The Morgan fingerprint density at radius 3 is 2.35 bits per heavy atom. The number of rotatable bonds is 5. The number of benzene rings is 1. The Morgan fingerprint density at radius 2 is 1.85 bits per heavy atom. The van der Waals surface area contributed by atoms with Crippen LogP contribution in [-0.2, 0) is 11.8 Å². The molecule has 0 saturated carbocycles. The molecule has 0 spiro atoms. The minimum atomic E-state index is 0.205. The van der Waals surface area contributed by atoms with Crippen LogP contribution in [0.5, 0.6) is 0 Å². The van der Waals surface area contributed by atoms with E-state index in [1.54, 1.807) is 0 Å². The normalized spacial score (nSPS) is 12.3. The van der Waals surface area contributed by atoms with Gasteiger partial charge in [0.25, 0.3) is 0 Å². The van der Waals surface area contributed by atoms with Crippen molar-refractivity contribution in [2.24, 2.45) is 10.7 Å². The van der Waals surface area contributed by atoms with Gasteiger partial charge in [-0.3, -0.25) is 0 Å². The van der Waals surface area contributed by atoms with Crippen molar-refractivity contribution < 1.29 is 0 Å². The summed E-state index contributed by atoms with van der Waals surface area (Å²) >= 11 is 0. The summed E-state index contributed by atoms with van der Waals surface area (Å²) in [6.07, 6.45) is 0.938. The summed E-state index contributed by atoms with van der Waals surface area (Å²) in [5.41, 5.74) is 9.64. The Labute approximate surface area is 123 Å². The van der Waals surface area contributed by atoms with Gasteiger partial charge in [0.1, 0.15) is 0 Å². The van der Waals surface area contributed by atoms with Gasteiger partial charge in [-0.2, -0.15) is 0 Å². The van der Waals surface area contributed by atoms with Crippen LogP contribution in [0.2, 0.25) is 0 Å². The van der Waals surface area contributed by atoms with Crippen molar-refractivity contribution in [1.29, 1.82) is 0 Å². The molecule has 110 valence electrons. The third-order valence-electron chi connectivity index (χ3n) is 3.06. The molecule has 0 fully saturated rings. The Balaban J connectivity index is 2.43. The first-order valence-electron chi connectivity index (χ1n) is 7.06. The second-order valence-electron chi connectivity index (χ2n) is 6.28. The summed E-state index contributed by atoms with van der Waals surface area (Å²) in [7, 11) is 0. The van der Waals surface area contributed by atoms with Crippen LogP contribution in [-0.4, -0.2) is 19.0 Å². The van der Waals surface area contributed by atoms with E-state index in [0.29, 0.717) is 12.5 Å². The van der Waals surface area contributed by atoms with E-state index >= 15 is 0 Å². The van der Waals surface area contributed by atoms with E-state index < -0.39 is 0 Å². The van der Waals surface area contributed by atoms with Crippen LogP contribution < -0.4 is 11.1 Å². The lowest BCUT2D eigenvalue weighted by atomic mass is 9.86. The lowest BCUT2D eigenvalue weighted by Crippen LogP contribution is -2.33. The van der Waals surface area contributed by atoms with E-state index in [-0.39, 0.29) is 5.41 Å². The van der Waals surface area contributed by atoms with Gasteiger partial charge in [0.15, 0.2) is 5.96 Å². The van der Waals surface area contributed by atoms with E-state index in [1.807, 2.05) is 6.92 Å². The van der Waals surface area contributed by atoms with Crippen LogP contribution in [0.1, 0.15) is 38.8 Å². The van der Waals surface area contributed by atoms with Gasteiger partial charge < -0.3 is 11.1 Å². The first-order valence-corrected chi connectivity index (χ1v) is 7.06. The number of hydrogen-bond acceptors (Lipinski definition) is 1. The molecule has 0 heterocycles. The molecule has 0 saturated heterocycles. The van der Waals surface area contributed by atoms with Gasteiger partial charge in [-0.1, -0.05) is 57.2 Å². The zero-order chi connectivity index (χ0) is 15.2. The molecule has 3 heteroatoms. The van der Waals surface area contributed by atoms with Gasteiger partial charge in [-0.05, 0) is 29.9 Å². The maximum Gasteiger partial charge on any atom is 0.188 e. The van der Waals surface area contributed by atoms with Crippen molar-refractivity contribution in [2.75, 3.05) is 13.1 Å². The molecule has 1 aromatic carbocycles. The predicted octanol–water partition coefficient (Wildman–Crippen LogP) is 3.01. The summed E-state index contributed by atoms with van der Waals surface area (Å²) in [5, 5.41) is 3.12. The number of nitrogens with zero attached hydrogens (tertiary/aromatic N) is 1. The van der Waals surface area contributed by atoms with Crippen LogP contribution in [0.4, 0.5) is 0 Å². The molecule has 0 amide bonds. The van der Waals surface area contributed by atoms with Crippen molar-refractivity contribution in [1.82, 2.24) is 5.32 Å². The molecule has 0 aromatic heterocycles. The van der Waals surface area contributed by atoms with Gasteiger partial charge >= 0.3 is 0 Å². The van der Waals surface area contributed by atoms with Crippen LogP contribution in [0.15, 0.2) is 41.4 Å². The van der Waals surface area contributed by atoms with Crippen LogP contribution in [0, 0.1) is 0 Å². The molecule has 0 atom stereocenters. The average Bonchev–Trinajstić information content (AvgIpc) is 2.36. The Hall–Kier alpha value is -1.77. The van der Waals surface area contributed by atoms with Crippen molar-refractivity contribution in [3.63, 3.8) is 0 Å². The van der Waals surface area contributed by atoms with Crippen molar-refractivity contribution in [3.8, 4) is 0 Å². The SMILES string of the molecule is C=C(C)CN=C(N)NCCc1ccc(C(C)(C)C)cc1. The second-order valence-corrected chi connectivity index (χ2v) is 6.28. The maximum absolute atomic E-state index is 5.77. The molecule has 0 aliphatic heterocycles. The fourth-order valence-electron chi connectivity index (χ4n) is 1.78. The standard InChI is InChI=1S/C17H27N3/c1-13(2)12-20-16(18)19-11-10-14-6-8-15(9-7-14)17(3,4)5/h6-9H,1,10-12H2,2-5H3,(H3,18,19,20). The highest BCUT2D eigenvalue weighted by Crippen LogP contribution is 2.22. The van der Waals surface area contributed by atoms with Crippen molar-refractivity contribution >= 4 is 5.96 Å². The topological polar surface area (TPSA) is 50.4 Å². The van der Waals surface area contributed by atoms with Crippen molar-refractivity contribution in [2.45, 2.75) is 39.5 Å². The molecule has 1 rings (SSSR count). The molecule has 0 unspecified atom stereocenters. The van der Waals surface area contributed by atoms with Crippen LogP contribution in [0.25, 0.3) is 0 Å². The zero-order valence-electron chi connectivity index (χ0n) is 13.2. The monoisotopic (exact) mass is 273 g/mol.